The average molecular weight is 445 g/mol. The van der Waals surface area contributed by atoms with Gasteiger partial charge in [0, 0.05) is 29.7 Å². The van der Waals surface area contributed by atoms with Crippen molar-refractivity contribution >= 4 is 34.1 Å². The molecule has 2 aromatic carbocycles. The topological polar surface area (TPSA) is 113 Å². The van der Waals surface area contributed by atoms with E-state index < -0.39 is 0 Å². The van der Waals surface area contributed by atoms with Crippen molar-refractivity contribution in [2.24, 2.45) is 0 Å². The fourth-order valence-electron chi connectivity index (χ4n) is 2.95. The van der Waals surface area contributed by atoms with E-state index in [1.165, 1.54) is 0 Å². The van der Waals surface area contributed by atoms with Crippen LogP contribution < -0.4 is 15.5 Å². The number of rotatable bonds is 11. The predicted molar refractivity (Wildman–Crippen MR) is 118 cm³/mol. The summed E-state index contributed by atoms with van der Waals surface area (Å²) < 4.78 is 17.0. The number of benzene rings is 2. The quantitative estimate of drug-likeness (QED) is 0.203. The first kappa shape index (κ1) is 22.7. The van der Waals surface area contributed by atoms with Gasteiger partial charge in [0.2, 0.25) is 0 Å². The van der Waals surface area contributed by atoms with E-state index in [2.05, 4.69) is 5.32 Å². The average Bonchev–Trinajstić information content (AvgIpc) is 3.18. The van der Waals surface area contributed by atoms with E-state index >= 15 is 0 Å². The highest BCUT2D eigenvalue weighted by atomic mass is 32.1. The minimum atomic E-state index is -0.352. The summed E-state index contributed by atoms with van der Waals surface area (Å²) >= 11 is 4.94. The van der Waals surface area contributed by atoms with Gasteiger partial charge in [0.25, 0.3) is 5.91 Å². The smallest absolute Gasteiger partial charge is 0.287 e. The number of thiocarbonyl (C=S) groups is 1. The van der Waals surface area contributed by atoms with E-state index in [-0.39, 0.29) is 43.0 Å². The van der Waals surface area contributed by atoms with Crippen LogP contribution in [-0.4, -0.2) is 47.6 Å². The molecule has 3 rings (SSSR count). The minimum Gasteiger partial charge on any atom is -0.492 e. The minimum absolute atomic E-state index is 0.0488. The third-order valence-corrected chi connectivity index (χ3v) is 4.80. The number of hydroxylamine groups is 1. The van der Waals surface area contributed by atoms with Crippen molar-refractivity contribution in [3.63, 3.8) is 0 Å². The molecule has 4 N–H and O–H groups in total. The Labute approximate surface area is 184 Å². The molecule has 0 unspecified atom stereocenters. The Morgan fingerprint density at radius 2 is 1.87 bits per heavy atom. The van der Waals surface area contributed by atoms with E-state index in [1.807, 2.05) is 23.7 Å². The van der Waals surface area contributed by atoms with Crippen molar-refractivity contribution in [1.82, 2.24) is 10.8 Å². The molecule has 3 aromatic rings. The first-order valence-corrected chi connectivity index (χ1v) is 10.2. The zero-order valence-electron chi connectivity index (χ0n) is 16.8. The van der Waals surface area contributed by atoms with Crippen LogP contribution in [0.4, 0.5) is 0 Å². The molecule has 0 aliphatic heterocycles. The highest BCUT2D eigenvalue weighted by molar-refractivity contribution is 7.80. The standard InChI is InChI=1S/C22H24N2O6S/c25-11-3-12-28-14-18-17-4-1-2-5-19(17)30-20(18)21(26)23-10-13-29-16-8-6-15(7-9-16)22(31)24-27/h1-2,4-9,25,27H,3,10-14H2,(H,23,26)(H,24,31). The van der Waals surface area contributed by atoms with Crippen LogP contribution in [0.2, 0.25) is 0 Å². The lowest BCUT2D eigenvalue weighted by Gasteiger charge is -2.09. The summed E-state index contributed by atoms with van der Waals surface area (Å²) in [7, 11) is 0. The summed E-state index contributed by atoms with van der Waals surface area (Å²) in [6.07, 6.45) is 0.526. The van der Waals surface area contributed by atoms with Crippen molar-refractivity contribution < 1.29 is 29.0 Å². The molecule has 0 bridgehead atoms. The number of ether oxygens (including phenoxy) is 2. The number of aliphatic hydroxyl groups is 1. The zero-order valence-corrected chi connectivity index (χ0v) is 17.6. The second kappa shape index (κ2) is 11.4. The van der Waals surface area contributed by atoms with Crippen molar-refractivity contribution in [2.75, 3.05) is 26.4 Å². The molecule has 0 radical (unpaired) electrons. The molecule has 0 saturated heterocycles. The van der Waals surface area contributed by atoms with E-state index in [0.717, 1.165) is 5.39 Å². The Morgan fingerprint density at radius 1 is 1.10 bits per heavy atom. The molecule has 1 heterocycles. The van der Waals surface area contributed by atoms with Crippen LogP contribution in [0.1, 0.15) is 28.1 Å². The van der Waals surface area contributed by atoms with Gasteiger partial charge in [0.1, 0.15) is 22.9 Å². The lowest BCUT2D eigenvalue weighted by Crippen LogP contribution is -2.28. The fourth-order valence-corrected chi connectivity index (χ4v) is 3.08. The van der Waals surface area contributed by atoms with Crippen molar-refractivity contribution in [1.29, 1.82) is 0 Å². The van der Waals surface area contributed by atoms with Crippen LogP contribution in [0.3, 0.4) is 0 Å². The van der Waals surface area contributed by atoms with Gasteiger partial charge in [-0.1, -0.05) is 30.4 Å². The molecule has 8 nitrogen and oxygen atoms in total. The van der Waals surface area contributed by atoms with Crippen molar-refractivity contribution in [2.45, 2.75) is 13.0 Å². The lowest BCUT2D eigenvalue weighted by atomic mass is 10.1. The Balaban J connectivity index is 1.56. The molecule has 164 valence electrons. The number of fused-ring (bicyclic) bond motifs is 1. The fraction of sp³-hybridized carbons (Fsp3) is 0.273. The van der Waals surface area contributed by atoms with Gasteiger partial charge in [-0.3, -0.25) is 15.5 Å². The first-order valence-electron chi connectivity index (χ1n) is 9.78. The summed E-state index contributed by atoms with van der Waals surface area (Å²) in [5.41, 5.74) is 3.88. The van der Waals surface area contributed by atoms with E-state index in [1.54, 1.807) is 30.3 Å². The summed E-state index contributed by atoms with van der Waals surface area (Å²) in [5, 5.41) is 21.3. The molecular formula is C22H24N2O6S. The van der Waals surface area contributed by atoms with Gasteiger partial charge >= 0.3 is 0 Å². The Kier molecular flexibility index (Phi) is 8.36. The third kappa shape index (κ3) is 6.02. The number of hydrogen-bond acceptors (Lipinski definition) is 7. The lowest BCUT2D eigenvalue weighted by molar-refractivity contribution is 0.0890. The van der Waals surface area contributed by atoms with Crippen LogP contribution >= 0.6 is 12.2 Å². The summed E-state index contributed by atoms with van der Waals surface area (Å²) in [6.45, 7) is 1.19. The van der Waals surface area contributed by atoms with Gasteiger partial charge < -0.3 is 24.3 Å². The van der Waals surface area contributed by atoms with Crippen molar-refractivity contribution in [3.8, 4) is 5.75 Å². The first-order chi connectivity index (χ1) is 15.1. The highest BCUT2D eigenvalue weighted by Gasteiger charge is 2.20. The van der Waals surface area contributed by atoms with Gasteiger partial charge in [-0.2, -0.15) is 0 Å². The molecule has 0 aliphatic carbocycles. The maximum Gasteiger partial charge on any atom is 0.287 e. The SMILES string of the molecule is O=C(NCCOc1ccc(C(=S)NO)cc1)c1oc2ccccc2c1COCCCO. The van der Waals surface area contributed by atoms with Gasteiger partial charge in [-0.05, 0) is 36.8 Å². The molecular weight excluding hydrogens is 420 g/mol. The van der Waals surface area contributed by atoms with Gasteiger partial charge in [0.05, 0.1) is 13.2 Å². The van der Waals surface area contributed by atoms with Crippen LogP contribution in [0.25, 0.3) is 11.0 Å². The van der Waals surface area contributed by atoms with Crippen molar-refractivity contribution in [3.05, 3.63) is 65.4 Å². The zero-order chi connectivity index (χ0) is 22.1. The highest BCUT2D eigenvalue weighted by Crippen LogP contribution is 2.26. The molecule has 0 spiro atoms. The normalized spacial score (nSPS) is 10.8. The number of hydrogen-bond donors (Lipinski definition) is 4. The van der Waals surface area contributed by atoms with Gasteiger partial charge in [-0.25, -0.2) is 0 Å². The Morgan fingerprint density at radius 3 is 2.61 bits per heavy atom. The van der Waals surface area contributed by atoms with Crippen LogP contribution in [0, 0.1) is 0 Å². The Hall–Kier alpha value is -2.98. The Bertz CT molecular complexity index is 1020. The number of amides is 1. The summed E-state index contributed by atoms with van der Waals surface area (Å²) in [5.74, 6) is 0.468. The molecule has 31 heavy (non-hydrogen) atoms. The largest absolute Gasteiger partial charge is 0.492 e. The van der Waals surface area contributed by atoms with Gasteiger partial charge in [0.15, 0.2) is 5.76 Å². The number of carbonyl (C=O) groups is 1. The van der Waals surface area contributed by atoms with Crippen LogP contribution in [-0.2, 0) is 11.3 Å². The number of carbonyl (C=O) groups excluding carboxylic acids is 1. The second-order valence-electron chi connectivity index (χ2n) is 6.61. The van der Waals surface area contributed by atoms with E-state index in [9.17, 15) is 4.79 Å². The molecule has 0 atom stereocenters. The number of nitrogens with one attached hydrogen (secondary N) is 2. The summed E-state index contributed by atoms with van der Waals surface area (Å²) in [6, 6.07) is 14.3. The predicted octanol–water partition coefficient (Wildman–Crippen LogP) is 2.79. The maximum absolute atomic E-state index is 12.7. The molecule has 1 aromatic heterocycles. The molecule has 1 amide bonds. The molecule has 0 fully saturated rings. The second-order valence-corrected chi connectivity index (χ2v) is 7.01. The molecule has 0 aliphatic rings. The third-order valence-electron chi connectivity index (χ3n) is 4.47. The molecule has 0 saturated carbocycles. The van der Waals surface area contributed by atoms with E-state index in [0.29, 0.717) is 35.5 Å². The monoisotopic (exact) mass is 444 g/mol. The van der Waals surface area contributed by atoms with E-state index in [4.69, 9.17) is 36.4 Å². The number of para-hydroxylation sites is 1. The van der Waals surface area contributed by atoms with Crippen LogP contribution in [0.5, 0.6) is 5.75 Å². The summed E-state index contributed by atoms with van der Waals surface area (Å²) in [4.78, 5) is 12.9. The maximum atomic E-state index is 12.7. The van der Waals surface area contributed by atoms with Gasteiger partial charge in [-0.15, -0.1) is 0 Å². The van der Waals surface area contributed by atoms with Crippen LogP contribution in [0.15, 0.2) is 52.9 Å². The number of furan rings is 1. The molecule has 9 heteroatoms. The number of aliphatic hydroxyl groups excluding tert-OH is 1.